The van der Waals surface area contributed by atoms with E-state index >= 15 is 0 Å². The maximum absolute atomic E-state index is 9.80. The van der Waals surface area contributed by atoms with Crippen molar-refractivity contribution in [3.8, 4) is 11.5 Å². The molecule has 0 radical (unpaired) electrons. The molecule has 2 aromatic carbocycles. The minimum Gasteiger partial charge on any atom is -0.506 e. The Morgan fingerprint density at radius 2 is 1.58 bits per heavy atom. The average Bonchev–Trinajstić information content (AvgIpc) is 3.32. The molecule has 7 nitrogen and oxygen atoms in total. The molecular weight excluding hydrogens is 390 g/mol. The number of aromatic nitrogens is 4. The van der Waals surface area contributed by atoms with E-state index < -0.39 is 0 Å². The number of aromatic hydroxyl groups is 2. The van der Waals surface area contributed by atoms with Gasteiger partial charge in [0.15, 0.2) is 0 Å². The fraction of sp³-hybridized carbons (Fsp3) is 0.125. The predicted octanol–water partition coefficient (Wildman–Crippen LogP) is 3.94. The Balaban J connectivity index is 0.000000177. The number of phenolic OH excluding ortho intramolecular Hbond substituents is 2. The van der Waals surface area contributed by atoms with Gasteiger partial charge >= 0.3 is 0 Å². The van der Waals surface area contributed by atoms with Gasteiger partial charge in [0, 0.05) is 48.4 Å². The quantitative estimate of drug-likeness (QED) is 0.325. The Morgan fingerprint density at radius 1 is 0.839 bits per heavy atom. The molecule has 0 aliphatic heterocycles. The lowest BCUT2D eigenvalue weighted by Crippen LogP contribution is -2.17. The summed E-state index contributed by atoms with van der Waals surface area (Å²) >= 11 is 0. The zero-order valence-corrected chi connectivity index (χ0v) is 16.9. The highest BCUT2D eigenvalue weighted by Crippen LogP contribution is 2.22. The van der Waals surface area contributed by atoms with Gasteiger partial charge < -0.3 is 20.5 Å². The fourth-order valence-electron chi connectivity index (χ4n) is 3.22. The Bertz CT molecular complexity index is 1270. The van der Waals surface area contributed by atoms with Crippen LogP contribution in [0.15, 0.2) is 79.4 Å². The van der Waals surface area contributed by atoms with Crippen molar-refractivity contribution in [1.82, 2.24) is 25.3 Å². The summed E-state index contributed by atoms with van der Waals surface area (Å²) in [5, 5.41) is 24.4. The van der Waals surface area contributed by atoms with Crippen LogP contribution in [0.2, 0.25) is 0 Å². The van der Waals surface area contributed by atoms with Gasteiger partial charge in [-0.2, -0.15) is 0 Å². The number of para-hydroxylation sites is 2. The zero-order valence-electron chi connectivity index (χ0n) is 16.9. The molecule has 0 saturated heterocycles. The van der Waals surface area contributed by atoms with E-state index in [9.17, 15) is 10.2 Å². The third-order valence-corrected chi connectivity index (χ3v) is 4.80. The molecule has 156 valence electrons. The largest absolute Gasteiger partial charge is 0.506 e. The minimum absolute atomic E-state index is 0.224. The van der Waals surface area contributed by atoms with Crippen LogP contribution in [-0.2, 0) is 13.0 Å². The van der Waals surface area contributed by atoms with Gasteiger partial charge in [-0.3, -0.25) is 4.98 Å². The van der Waals surface area contributed by atoms with E-state index in [1.165, 1.54) is 0 Å². The van der Waals surface area contributed by atoms with Crippen molar-refractivity contribution in [3.63, 3.8) is 0 Å². The third-order valence-electron chi connectivity index (χ3n) is 4.80. The van der Waals surface area contributed by atoms with Crippen molar-refractivity contribution in [2.24, 2.45) is 0 Å². The Hall–Kier alpha value is -3.97. The van der Waals surface area contributed by atoms with Crippen LogP contribution in [-0.4, -0.2) is 36.7 Å². The number of fused-ring (bicyclic) bond motifs is 2. The molecule has 31 heavy (non-hydrogen) atoms. The second-order valence-corrected chi connectivity index (χ2v) is 7.01. The average molecular weight is 413 g/mol. The van der Waals surface area contributed by atoms with Crippen molar-refractivity contribution in [3.05, 3.63) is 90.8 Å². The molecule has 0 spiro atoms. The number of aromatic amines is 1. The summed E-state index contributed by atoms with van der Waals surface area (Å²) in [6.45, 7) is 1.53. The number of nitrogens with zero attached hydrogens (tertiary/aromatic N) is 3. The van der Waals surface area contributed by atoms with Gasteiger partial charge in [-0.1, -0.05) is 36.4 Å². The first kappa shape index (κ1) is 20.3. The van der Waals surface area contributed by atoms with Crippen molar-refractivity contribution in [2.45, 2.75) is 13.0 Å². The zero-order chi connectivity index (χ0) is 21.5. The minimum atomic E-state index is 0.224. The van der Waals surface area contributed by atoms with Crippen LogP contribution in [0.1, 0.15) is 11.4 Å². The lowest BCUT2D eigenvalue weighted by Gasteiger charge is -2.06. The van der Waals surface area contributed by atoms with E-state index in [1.807, 2.05) is 48.7 Å². The van der Waals surface area contributed by atoms with Gasteiger partial charge in [0.25, 0.3) is 0 Å². The SMILES string of the molecule is Oc1cccc2ccc(CNCCc3cnc[nH]3)nc12.Oc1cccc2cccnc12. The molecule has 4 N–H and O–H groups in total. The Kier molecular flexibility index (Phi) is 6.35. The second kappa shape index (κ2) is 9.69. The third kappa shape index (κ3) is 5.15. The van der Waals surface area contributed by atoms with Crippen LogP contribution in [0.3, 0.4) is 0 Å². The molecule has 0 aliphatic rings. The van der Waals surface area contributed by atoms with Crippen LogP contribution in [0, 0.1) is 0 Å². The van der Waals surface area contributed by atoms with Crippen molar-refractivity contribution >= 4 is 21.8 Å². The first-order valence-electron chi connectivity index (χ1n) is 9.99. The number of hydrogen-bond acceptors (Lipinski definition) is 6. The number of hydrogen-bond donors (Lipinski definition) is 4. The maximum Gasteiger partial charge on any atom is 0.141 e. The smallest absolute Gasteiger partial charge is 0.141 e. The van der Waals surface area contributed by atoms with E-state index in [4.69, 9.17) is 0 Å². The number of benzene rings is 2. The van der Waals surface area contributed by atoms with Crippen molar-refractivity contribution in [1.29, 1.82) is 0 Å². The standard InChI is InChI=1S/C15H16N4O.C9H7NO/c20-14-3-1-2-11-4-5-13(19-15(11)14)9-16-7-6-12-8-17-10-18-12;11-8-5-1-3-7-4-2-6-10-9(7)8/h1-5,8,10,16,20H,6-7,9H2,(H,17,18);1-6,11H. The van der Waals surface area contributed by atoms with Gasteiger partial charge in [-0.15, -0.1) is 0 Å². The highest BCUT2D eigenvalue weighted by molar-refractivity contribution is 5.84. The summed E-state index contributed by atoms with van der Waals surface area (Å²) < 4.78 is 0. The van der Waals surface area contributed by atoms with Crippen LogP contribution in [0.5, 0.6) is 11.5 Å². The lowest BCUT2D eigenvalue weighted by molar-refractivity contribution is 0.479. The Morgan fingerprint density at radius 3 is 2.32 bits per heavy atom. The summed E-state index contributed by atoms with van der Waals surface area (Å²) in [4.78, 5) is 15.6. The Labute approximate surface area is 179 Å². The van der Waals surface area contributed by atoms with Crippen LogP contribution >= 0.6 is 0 Å². The van der Waals surface area contributed by atoms with E-state index in [0.29, 0.717) is 17.6 Å². The highest BCUT2D eigenvalue weighted by atomic mass is 16.3. The van der Waals surface area contributed by atoms with E-state index in [0.717, 1.165) is 35.1 Å². The number of rotatable bonds is 5. The number of H-pyrrole nitrogens is 1. The van der Waals surface area contributed by atoms with Gasteiger partial charge in [0.2, 0.25) is 0 Å². The molecule has 7 heteroatoms. The van der Waals surface area contributed by atoms with Gasteiger partial charge in [0.05, 0.1) is 12.0 Å². The monoisotopic (exact) mass is 413 g/mol. The molecule has 5 aromatic rings. The fourth-order valence-corrected chi connectivity index (χ4v) is 3.22. The molecule has 0 fully saturated rings. The van der Waals surface area contributed by atoms with Crippen LogP contribution in [0.4, 0.5) is 0 Å². The van der Waals surface area contributed by atoms with E-state index in [-0.39, 0.29) is 11.5 Å². The van der Waals surface area contributed by atoms with Crippen LogP contribution < -0.4 is 5.32 Å². The summed E-state index contributed by atoms with van der Waals surface area (Å²) in [5.41, 5.74) is 3.35. The van der Waals surface area contributed by atoms with Crippen molar-refractivity contribution in [2.75, 3.05) is 6.54 Å². The number of pyridine rings is 2. The van der Waals surface area contributed by atoms with Crippen LogP contribution in [0.25, 0.3) is 21.8 Å². The molecule has 0 aliphatic carbocycles. The summed E-state index contributed by atoms with van der Waals surface area (Å²) in [6, 6.07) is 18.5. The number of phenols is 2. The summed E-state index contributed by atoms with van der Waals surface area (Å²) in [6.07, 6.45) is 6.08. The normalized spacial score (nSPS) is 10.7. The van der Waals surface area contributed by atoms with E-state index in [1.54, 1.807) is 30.7 Å². The van der Waals surface area contributed by atoms with Gasteiger partial charge in [0.1, 0.15) is 22.5 Å². The molecular formula is C24H23N5O2. The predicted molar refractivity (Wildman–Crippen MR) is 121 cm³/mol. The molecule has 0 unspecified atom stereocenters. The lowest BCUT2D eigenvalue weighted by atomic mass is 10.2. The molecule has 0 saturated carbocycles. The second-order valence-electron chi connectivity index (χ2n) is 7.01. The van der Waals surface area contributed by atoms with Crippen molar-refractivity contribution < 1.29 is 10.2 Å². The highest BCUT2D eigenvalue weighted by Gasteiger charge is 2.02. The molecule has 0 amide bonds. The molecule has 5 rings (SSSR count). The molecule has 3 aromatic heterocycles. The number of nitrogens with one attached hydrogen (secondary N) is 2. The van der Waals surface area contributed by atoms with Gasteiger partial charge in [-0.25, -0.2) is 9.97 Å². The first-order valence-corrected chi connectivity index (χ1v) is 9.99. The maximum atomic E-state index is 9.80. The molecule has 0 bridgehead atoms. The van der Waals surface area contributed by atoms with Gasteiger partial charge in [-0.05, 0) is 24.3 Å². The topological polar surface area (TPSA) is 107 Å². The summed E-state index contributed by atoms with van der Waals surface area (Å²) in [5.74, 6) is 0.463. The molecule has 3 heterocycles. The van der Waals surface area contributed by atoms with E-state index in [2.05, 4.69) is 25.3 Å². The first-order chi connectivity index (χ1) is 15.2. The number of imidazole rings is 1. The molecule has 0 atom stereocenters. The summed E-state index contributed by atoms with van der Waals surface area (Å²) in [7, 11) is 0.